The highest BCUT2D eigenvalue weighted by Crippen LogP contribution is 2.07. The fraction of sp³-hybridized carbons (Fsp3) is 0.533. The number of aliphatic hydroxyl groups excluding tert-OH is 5. The predicted octanol–water partition coefficient (Wildman–Crippen LogP) is -1.83. The van der Waals surface area contributed by atoms with Crippen LogP contribution in [0.5, 0.6) is 0 Å². The number of aliphatic hydroxyl groups is 5. The van der Waals surface area contributed by atoms with Gasteiger partial charge in [0.1, 0.15) is 18.3 Å². The lowest BCUT2D eigenvalue weighted by molar-refractivity contribution is -0.149. The molecule has 1 unspecified atom stereocenters. The molecule has 1 aromatic rings. The lowest BCUT2D eigenvalue weighted by atomic mass is 10.0. The van der Waals surface area contributed by atoms with Crippen molar-refractivity contribution in [2.24, 2.45) is 0 Å². The Labute approximate surface area is 128 Å². The third kappa shape index (κ3) is 5.36. The maximum absolute atomic E-state index is 11.8. The minimum atomic E-state index is -1.91. The number of rotatable bonds is 8. The number of nitrogens with one attached hydrogen (secondary N) is 1. The van der Waals surface area contributed by atoms with Crippen LogP contribution in [-0.4, -0.2) is 68.5 Å². The van der Waals surface area contributed by atoms with Crippen molar-refractivity contribution in [2.45, 2.75) is 43.8 Å². The van der Waals surface area contributed by atoms with Crippen molar-refractivity contribution in [3.63, 3.8) is 0 Å². The number of carbonyl (C=O) groups excluding carboxylic acids is 1. The van der Waals surface area contributed by atoms with E-state index in [0.29, 0.717) is 6.42 Å². The van der Waals surface area contributed by atoms with Gasteiger partial charge in [0, 0.05) is 6.04 Å². The highest BCUT2D eigenvalue weighted by atomic mass is 16.4. The van der Waals surface area contributed by atoms with Crippen LogP contribution in [0.25, 0.3) is 0 Å². The van der Waals surface area contributed by atoms with Crippen molar-refractivity contribution in [1.29, 1.82) is 0 Å². The maximum atomic E-state index is 11.8. The molecular weight excluding hydrogens is 290 g/mol. The van der Waals surface area contributed by atoms with Crippen molar-refractivity contribution in [3.8, 4) is 0 Å². The molecule has 0 fully saturated rings. The van der Waals surface area contributed by atoms with Crippen LogP contribution in [0, 0.1) is 0 Å². The molecule has 0 aliphatic heterocycles. The van der Waals surface area contributed by atoms with Gasteiger partial charge in [-0.2, -0.15) is 0 Å². The van der Waals surface area contributed by atoms with Crippen LogP contribution < -0.4 is 5.32 Å². The fourth-order valence-corrected chi connectivity index (χ4v) is 2.02. The highest BCUT2D eigenvalue weighted by Gasteiger charge is 2.34. The van der Waals surface area contributed by atoms with E-state index in [2.05, 4.69) is 5.32 Å². The summed E-state index contributed by atoms with van der Waals surface area (Å²) in [7, 11) is 0. The Balaban J connectivity index is 2.52. The van der Waals surface area contributed by atoms with Crippen molar-refractivity contribution in [2.75, 3.05) is 6.61 Å². The van der Waals surface area contributed by atoms with Crippen LogP contribution in [0.1, 0.15) is 12.5 Å². The van der Waals surface area contributed by atoms with Gasteiger partial charge in [0.15, 0.2) is 6.10 Å². The Morgan fingerprint density at radius 1 is 1.09 bits per heavy atom. The zero-order valence-electron chi connectivity index (χ0n) is 12.3. The quantitative estimate of drug-likeness (QED) is 0.335. The molecule has 0 aliphatic carbocycles. The minimum absolute atomic E-state index is 0.295. The second kappa shape index (κ2) is 8.82. The van der Waals surface area contributed by atoms with Gasteiger partial charge in [-0.05, 0) is 18.9 Å². The van der Waals surface area contributed by atoms with Crippen LogP contribution in [0.15, 0.2) is 30.3 Å². The molecular formula is C15H23NO6. The summed E-state index contributed by atoms with van der Waals surface area (Å²) in [5.41, 5.74) is 1.00. The van der Waals surface area contributed by atoms with E-state index in [9.17, 15) is 25.2 Å². The van der Waals surface area contributed by atoms with E-state index < -0.39 is 36.9 Å². The van der Waals surface area contributed by atoms with E-state index in [1.165, 1.54) is 0 Å². The molecule has 0 heterocycles. The summed E-state index contributed by atoms with van der Waals surface area (Å²) in [6.07, 6.45) is -6.73. The first kappa shape index (κ1) is 18.5. The summed E-state index contributed by atoms with van der Waals surface area (Å²) >= 11 is 0. The van der Waals surface area contributed by atoms with E-state index in [1.807, 2.05) is 30.3 Å². The van der Waals surface area contributed by atoms with Crippen LogP contribution in [-0.2, 0) is 11.2 Å². The Morgan fingerprint density at radius 2 is 1.68 bits per heavy atom. The molecule has 7 nitrogen and oxygen atoms in total. The van der Waals surface area contributed by atoms with E-state index >= 15 is 0 Å². The second-order valence-electron chi connectivity index (χ2n) is 5.28. The molecule has 1 aromatic carbocycles. The molecule has 0 aliphatic rings. The monoisotopic (exact) mass is 313 g/mol. The van der Waals surface area contributed by atoms with E-state index in [-0.39, 0.29) is 6.04 Å². The minimum Gasteiger partial charge on any atom is -0.394 e. The van der Waals surface area contributed by atoms with Crippen molar-refractivity contribution < 1.29 is 30.3 Å². The van der Waals surface area contributed by atoms with Crippen LogP contribution in [0.2, 0.25) is 0 Å². The second-order valence-corrected chi connectivity index (χ2v) is 5.28. The average Bonchev–Trinajstić information content (AvgIpc) is 2.52. The van der Waals surface area contributed by atoms with Gasteiger partial charge < -0.3 is 30.8 Å². The third-order valence-electron chi connectivity index (χ3n) is 3.30. The van der Waals surface area contributed by atoms with Gasteiger partial charge in [-0.15, -0.1) is 0 Å². The Kier molecular flexibility index (Phi) is 7.43. The SMILES string of the molecule is CC(Cc1ccccc1)NC(=O)[C@@H](O)[C@@H](O)[C@H](O)[C@@H](O)CO. The Morgan fingerprint density at radius 3 is 2.23 bits per heavy atom. The predicted molar refractivity (Wildman–Crippen MR) is 78.9 cm³/mol. The molecule has 1 amide bonds. The zero-order valence-corrected chi connectivity index (χ0v) is 12.3. The van der Waals surface area contributed by atoms with Gasteiger partial charge in [-0.1, -0.05) is 30.3 Å². The summed E-state index contributed by atoms with van der Waals surface area (Å²) in [4.78, 5) is 11.8. The zero-order chi connectivity index (χ0) is 16.7. The average molecular weight is 313 g/mol. The van der Waals surface area contributed by atoms with Gasteiger partial charge in [0.05, 0.1) is 6.61 Å². The molecule has 0 spiro atoms. The van der Waals surface area contributed by atoms with Gasteiger partial charge in [0.2, 0.25) is 0 Å². The maximum Gasteiger partial charge on any atom is 0.251 e. The Hall–Kier alpha value is -1.51. The summed E-state index contributed by atoms with van der Waals surface area (Å²) < 4.78 is 0. The standard InChI is InChI=1S/C15H23NO6/c1-9(7-10-5-3-2-4-6-10)16-15(22)14(21)13(20)12(19)11(18)8-17/h2-6,9,11-14,17-21H,7-8H2,1H3,(H,16,22)/t9?,11-,12+,13-,14-/m0/s1. The molecule has 1 rings (SSSR count). The van der Waals surface area contributed by atoms with Crippen LogP contribution in [0.4, 0.5) is 0 Å². The highest BCUT2D eigenvalue weighted by molar-refractivity contribution is 5.81. The third-order valence-corrected chi connectivity index (χ3v) is 3.30. The van der Waals surface area contributed by atoms with Crippen LogP contribution >= 0.6 is 0 Å². The van der Waals surface area contributed by atoms with Crippen molar-refractivity contribution in [1.82, 2.24) is 5.32 Å². The first-order valence-corrected chi connectivity index (χ1v) is 7.04. The number of hydrogen-bond donors (Lipinski definition) is 6. The summed E-state index contributed by atoms with van der Waals surface area (Å²) in [6, 6.07) is 9.12. The van der Waals surface area contributed by atoms with Gasteiger partial charge in [-0.25, -0.2) is 0 Å². The lowest BCUT2D eigenvalue weighted by Gasteiger charge is -2.26. The Bertz CT molecular complexity index is 455. The molecule has 0 saturated heterocycles. The molecule has 0 aromatic heterocycles. The van der Waals surface area contributed by atoms with E-state index in [0.717, 1.165) is 5.56 Å². The molecule has 22 heavy (non-hydrogen) atoms. The summed E-state index contributed by atoms with van der Waals surface area (Å²) in [5, 5.41) is 49.2. The summed E-state index contributed by atoms with van der Waals surface area (Å²) in [6.45, 7) is 0.944. The first-order valence-electron chi connectivity index (χ1n) is 7.04. The van der Waals surface area contributed by atoms with Gasteiger partial charge in [0.25, 0.3) is 5.91 Å². The van der Waals surface area contributed by atoms with E-state index in [1.54, 1.807) is 6.92 Å². The molecule has 0 saturated carbocycles. The summed E-state index contributed by atoms with van der Waals surface area (Å²) in [5.74, 6) is -0.861. The molecule has 0 radical (unpaired) electrons. The first-order chi connectivity index (χ1) is 10.4. The molecule has 5 atom stereocenters. The van der Waals surface area contributed by atoms with Crippen molar-refractivity contribution >= 4 is 5.91 Å². The van der Waals surface area contributed by atoms with Gasteiger partial charge in [-0.3, -0.25) is 4.79 Å². The molecule has 7 heteroatoms. The van der Waals surface area contributed by atoms with Crippen molar-refractivity contribution in [3.05, 3.63) is 35.9 Å². The normalized spacial score (nSPS) is 18.1. The lowest BCUT2D eigenvalue weighted by Crippen LogP contribution is -2.53. The molecule has 124 valence electrons. The topological polar surface area (TPSA) is 130 Å². The number of amides is 1. The van der Waals surface area contributed by atoms with E-state index in [4.69, 9.17) is 5.11 Å². The molecule has 0 bridgehead atoms. The molecule has 6 N–H and O–H groups in total. The fourth-order valence-electron chi connectivity index (χ4n) is 2.02. The van der Waals surface area contributed by atoms with Crippen LogP contribution in [0.3, 0.4) is 0 Å². The van der Waals surface area contributed by atoms with Gasteiger partial charge >= 0.3 is 0 Å². The largest absolute Gasteiger partial charge is 0.394 e. The number of hydrogen-bond acceptors (Lipinski definition) is 6. The smallest absolute Gasteiger partial charge is 0.251 e. The number of carbonyl (C=O) groups is 1. The number of benzene rings is 1.